The van der Waals surface area contributed by atoms with Crippen molar-refractivity contribution < 1.29 is 0 Å². The fourth-order valence-electron chi connectivity index (χ4n) is 5.68. The number of hydrogen-bond acceptors (Lipinski definition) is 3. The molecular weight excluding hydrogens is 462 g/mol. The van der Waals surface area contributed by atoms with Gasteiger partial charge in [0.1, 0.15) is 0 Å². The Labute approximate surface area is 241 Å². The summed E-state index contributed by atoms with van der Waals surface area (Å²) in [5, 5.41) is 10.7. The van der Waals surface area contributed by atoms with E-state index < -0.39 is 0 Å². The molecule has 0 saturated heterocycles. The predicted octanol–water partition coefficient (Wildman–Crippen LogP) is 9.22. The molecular formula is C35H73N3. The standard InChI is InChI=1S/C13H27N.C12H25N.C10H21N/c1-12(2)7-6-10-14-11-13-8-4-3-5-9-13;1-11(2)8-9-13-10-12-6-4-3-5-7-12;1-9(2)4-3-7-11-8-10-5-6-10/h12-14H,3-11H2,1-2H3;11-13H,3-10H2,1-2H3;9-11H,3-8H2,1-2H3. The molecule has 3 aliphatic rings. The summed E-state index contributed by atoms with van der Waals surface area (Å²) in [7, 11) is 0. The summed E-state index contributed by atoms with van der Waals surface area (Å²) in [4.78, 5) is 0. The van der Waals surface area contributed by atoms with Crippen LogP contribution in [-0.2, 0) is 0 Å². The van der Waals surface area contributed by atoms with E-state index >= 15 is 0 Å². The van der Waals surface area contributed by atoms with Crippen LogP contribution in [0.4, 0.5) is 0 Å². The lowest BCUT2D eigenvalue weighted by Gasteiger charge is -2.21. The van der Waals surface area contributed by atoms with Gasteiger partial charge in [-0.2, -0.15) is 0 Å². The van der Waals surface area contributed by atoms with Gasteiger partial charge in [0.25, 0.3) is 0 Å². The van der Waals surface area contributed by atoms with E-state index in [0.717, 1.165) is 35.5 Å². The Hall–Kier alpha value is -0.120. The molecule has 0 radical (unpaired) electrons. The zero-order valence-electron chi connectivity index (χ0n) is 27.2. The average Bonchev–Trinajstić information content (AvgIpc) is 3.72. The largest absolute Gasteiger partial charge is 0.316 e. The Kier molecular flexibility index (Phi) is 23.3. The summed E-state index contributed by atoms with van der Waals surface area (Å²) in [5.41, 5.74) is 0. The zero-order chi connectivity index (χ0) is 27.8. The summed E-state index contributed by atoms with van der Waals surface area (Å²) in [5.74, 6) is 5.60. The van der Waals surface area contributed by atoms with E-state index in [1.807, 2.05) is 0 Å². The van der Waals surface area contributed by atoms with Crippen molar-refractivity contribution >= 4 is 0 Å². The monoisotopic (exact) mass is 536 g/mol. The van der Waals surface area contributed by atoms with E-state index in [0.29, 0.717) is 0 Å². The van der Waals surface area contributed by atoms with Gasteiger partial charge in [0.05, 0.1) is 0 Å². The molecule has 0 spiro atoms. The zero-order valence-corrected chi connectivity index (χ0v) is 27.2. The molecule has 0 aliphatic heterocycles. The van der Waals surface area contributed by atoms with E-state index in [1.165, 1.54) is 148 Å². The van der Waals surface area contributed by atoms with Gasteiger partial charge in [-0.1, -0.05) is 80.1 Å². The molecule has 3 fully saturated rings. The highest BCUT2D eigenvalue weighted by atomic mass is 14.9. The van der Waals surface area contributed by atoms with E-state index in [1.54, 1.807) is 0 Å². The average molecular weight is 536 g/mol. The molecule has 228 valence electrons. The maximum Gasteiger partial charge on any atom is -0.00205 e. The Bertz CT molecular complexity index is 470. The number of rotatable bonds is 17. The van der Waals surface area contributed by atoms with E-state index in [4.69, 9.17) is 0 Å². The van der Waals surface area contributed by atoms with Crippen LogP contribution in [0.15, 0.2) is 0 Å². The molecule has 3 saturated carbocycles. The predicted molar refractivity (Wildman–Crippen MR) is 172 cm³/mol. The third-order valence-corrected chi connectivity index (χ3v) is 8.61. The summed E-state index contributed by atoms with van der Waals surface area (Å²) in [6.45, 7) is 21.3. The first-order valence-corrected chi connectivity index (χ1v) is 17.5. The summed E-state index contributed by atoms with van der Waals surface area (Å²) in [6.07, 6.45) is 24.4. The molecule has 0 atom stereocenters. The van der Waals surface area contributed by atoms with Gasteiger partial charge >= 0.3 is 0 Å². The van der Waals surface area contributed by atoms with Crippen molar-refractivity contribution in [2.24, 2.45) is 35.5 Å². The third kappa shape index (κ3) is 24.9. The van der Waals surface area contributed by atoms with Crippen LogP contribution in [0.1, 0.15) is 151 Å². The maximum atomic E-state index is 3.61. The maximum absolute atomic E-state index is 3.61. The van der Waals surface area contributed by atoms with Gasteiger partial charge in [-0.15, -0.1) is 0 Å². The van der Waals surface area contributed by atoms with Gasteiger partial charge in [-0.25, -0.2) is 0 Å². The molecule has 0 heterocycles. The molecule has 3 heteroatoms. The summed E-state index contributed by atoms with van der Waals surface area (Å²) >= 11 is 0. The smallest absolute Gasteiger partial charge is 0.00205 e. The van der Waals surface area contributed by atoms with Gasteiger partial charge in [0.2, 0.25) is 0 Å². The van der Waals surface area contributed by atoms with Crippen molar-refractivity contribution in [2.45, 2.75) is 151 Å². The molecule has 38 heavy (non-hydrogen) atoms. The normalized spacial score (nSPS) is 18.9. The van der Waals surface area contributed by atoms with E-state index in [9.17, 15) is 0 Å². The lowest BCUT2D eigenvalue weighted by Crippen LogP contribution is -2.25. The second-order valence-electron chi connectivity index (χ2n) is 14.3. The van der Waals surface area contributed by atoms with Crippen LogP contribution < -0.4 is 16.0 Å². The highest BCUT2D eigenvalue weighted by Gasteiger charge is 2.19. The Balaban J connectivity index is 0.000000287. The van der Waals surface area contributed by atoms with Crippen LogP contribution in [0.3, 0.4) is 0 Å². The quantitative estimate of drug-likeness (QED) is 0.162. The van der Waals surface area contributed by atoms with Crippen LogP contribution in [0.2, 0.25) is 0 Å². The van der Waals surface area contributed by atoms with Crippen LogP contribution in [-0.4, -0.2) is 39.3 Å². The fourth-order valence-corrected chi connectivity index (χ4v) is 5.68. The molecule has 3 rings (SSSR count). The third-order valence-electron chi connectivity index (χ3n) is 8.61. The minimum absolute atomic E-state index is 0.846. The van der Waals surface area contributed by atoms with Gasteiger partial charge < -0.3 is 16.0 Å². The number of nitrogens with one attached hydrogen (secondary N) is 3. The summed E-state index contributed by atoms with van der Waals surface area (Å²) < 4.78 is 0. The first-order chi connectivity index (χ1) is 18.4. The second kappa shape index (κ2) is 24.7. The van der Waals surface area contributed by atoms with Gasteiger partial charge in [-0.05, 0) is 145 Å². The van der Waals surface area contributed by atoms with Gasteiger partial charge in [0.15, 0.2) is 0 Å². The molecule has 3 aliphatic carbocycles. The Morgan fingerprint density at radius 3 is 1.11 bits per heavy atom. The molecule has 0 aromatic heterocycles. The molecule has 0 bridgehead atoms. The fraction of sp³-hybridized carbons (Fsp3) is 1.00. The summed E-state index contributed by atoms with van der Waals surface area (Å²) in [6, 6.07) is 0. The van der Waals surface area contributed by atoms with Crippen LogP contribution in [0, 0.1) is 35.5 Å². The molecule has 3 nitrogen and oxygen atoms in total. The first kappa shape index (κ1) is 35.9. The molecule has 3 N–H and O–H groups in total. The topological polar surface area (TPSA) is 36.1 Å². The van der Waals surface area contributed by atoms with E-state index in [-0.39, 0.29) is 0 Å². The molecule has 0 unspecified atom stereocenters. The Morgan fingerprint density at radius 1 is 0.421 bits per heavy atom. The molecule has 0 amide bonds. The molecule has 0 aromatic carbocycles. The highest BCUT2D eigenvalue weighted by Crippen LogP contribution is 2.27. The van der Waals surface area contributed by atoms with Crippen LogP contribution in [0.25, 0.3) is 0 Å². The second-order valence-corrected chi connectivity index (χ2v) is 14.3. The van der Waals surface area contributed by atoms with Crippen molar-refractivity contribution in [3.8, 4) is 0 Å². The van der Waals surface area contributed by atoms with Crippen molar-refractivity contribution in [1.82, 2.24) is 16.0 Å². The van der Waals surface area contributed by atoms with Crippen molar-refractivity contribution in [3.05, 3.63) is 0 Å². The SMILES string of the molecule is CC(C)CCCNCC1CC1.CC(C)CCCNCC1CCCCC1.CC(C)CCNCC1CCCCC1. The Morgan fingerprint density at radius 2 is 0.763 bits per heavy atom. The van der Waals surface area contributed by atoms with Crippen molar-refractivity contribution in [1.29, 1.82) is 0 Å². The van der Waals surface area contributed by atoms with Crippen LogP contribution in [0.5, 0.6) is 0 Å². The first-order valence-electron chi connectivity index (χ1n) is 17.5. The lowest BCUT2D eigenvalue weighted by atomic mass is 9.89. The van der Waals surface area contributed by atoms with Crippen molar-refractivity contribution in [2.75, 3.05) is 39.3 Å². The molecule has 0 aromatic rings. The van der Waals surface area contributed by atoms with E-state index in [2.05, 4.69) is 57.5 Å². The minimum Gasteiger partial charge on any atom is -0.316 e. The highest BCUT2D eigenvalue weighted by molar-refractivity contribution is 4.75. The van der Waals surface area contributed by atoms with Crippen LogP contribution >= 0.6 is 0 Å². The lowest BCUT2D eigenvalue weighted by molar-refractivity contribution is 0.339. The number of hydrogen-bond donors (Lipinski definition) is 3. The van der Waals surface area contributed by atoms with Gasteiger partial charge in [-0.3, -0.25) is 0 Å². The minimum atomic E-state index is 0.846. The van der Waals surface area contributed by atoms with Gasteiger partial charge in [0, 0.05) is 0 Å². The van der Waals surface area contributed by atoms with Crippen molar-refractivity contribution in [3.63, 3.8) is 0 Å².